The molecule has 1 heterocycles. The van der Waals surface area contributed by atoms with Crippen LogP contribution in [0.1, 0.15) is 43.0 Å². The first-order valence-corrected chi connectivity index (χ1v) is 22.2. The molecule has 1 aliphatic rings. The molecule has 6 aromatic carbocycles. The van der Waals surface area contributed by atoms with Crippen LogP contribution in [0, 0.1) is 0 Å². The van der Waals surface area contributed by atoms with E-state index in [1.807, 2.05) is 0 Å². The van der Waals surface area contributed by atoms with E-state index >= 15 is 0 Å². The Balaban J connectivity index is 1.65. The lowest BCUT2D eigenvalue weighted by atomic mass is 9.89. The van der Waals surface area contributed by atoms with Gasteiger partial charge in [-0.3, -0.25) is 0 Å². The Morgan fingerprint density at radius 1 is 0.408 bits per heavy atom. The average Bonchev–Trinajstić information content (AvgIpc) is 3.46. The maximum atomic E-state index is 6.86. The third kappa shape index (κ3) is 5.88. The van der Waals surface area contributed by atoms with E-state index < -0.39 is 16.4 Å². The SMILES string of the molecule is CC(C)(C)[Si](C)(C)Oc1ccc([Si]2(c3ccccc3)C(c3ccccc3)=C(c3ccccc3)C(c3ccccc3)=C2c2ccccc2)cc1. The first-order chi connectivity index (χ1) is 23.7. The first-order valence-electron chi connectivity index (χ1n) is 17.3. The summed E-state index contributed by atoms with van der Waals surface area (Å²) in [5.74, 6) is 0.951. The summed E-state index contributed by atoms with van der Waals surface area (Å²) in [4.78, 5) is 0. The summed E-state index contributed by atoms with van der Waals surface area (Å²) in [5.41, 5.74) is 7.62. The fraction of sp³-hybridized carbons (Fsp3) is 0.130. The normalized spacial score (nSPS) is 14.6. The Morgan fingerprint density at radius 3 is 1.10 bits per heavy atom. The second kappa shape index (κ2) is 13.2. The van der Waals surface area contributed by atoms with Crippen LogP contribution < -0.4 is 14.8 Å². The average molecular weight is 669 g/mol. The first kappa shape index (κ1) is 32.6. The lowest BCUT2D eigenvalue weighted by Crippen LogP contribution is -2.59. The van der Waals surface area contributed by atoms with E-state index in [2.05, 4.69) is 210 Å². The van der Waals surface area contributed by atoms with Gasteiger partial charge in [0.2, 0.25) is 8.32 Å². The van der Waals surface area contributed by atoms with Crippen LogP contribution in [0.25, 0.3) is 21.5 Å². The van der Waals surface area contributed by atoms with Gasteiger partial charge in [-0.15, -0.1) is 0 Å². The van der Waals surface area contributed by atoms with Crippen molar-refractivity contribution in [2.24, 2.45) is 0 Å². The molecule has 242 valence electrons. The van der Waals surface area contributed by atoms with Crippen molar-refractivity contribution in [3.05, 3.63) is 198 Å². The van der Waals surface area contributed by atoms with E-state index in [-0.39, 0.29) is 5.04 Å². The van der Waals surface area contributed by atoms with Crippen molar-refractivity contribution in [3.8, 4) is 5.75 Å². The van der Waals surface area contributed by atoms with Gasteiger partial charge in [-0.05, 0) is 84.4 Å². The van der Waals surface area contributed by atoms with Gasteiger partial charge in [0.25, 0.3) is 0 Å². The minimum absolute atomic E-state index is 0.110. The Bertz CT molecular complexity index is 1990. The highest BCUT2D eigenvalue weighted by molar-refractivity contribution is 7.29. The van der Waals surface area contributed by atoms with E-state index in [4.69, 9.17) is 4.43 Å². The van der Waals surface area contributed by atoms with Crippen LogP contribution in [0.15, 0.2) is 176 Å². The van der Waals surface area contributed by atoms with Gasteiger partial charge in [-0.25, -0.2) is 0 Å². The molecule has 0 aromatic heterocycles. The molecule has 0 bridgehead atoms. The summed E-state index contributed by atoms with van der Waals surface area (Å²) in [5, 5.41) is 5.66. The van der Waals surface area contributed by atoms with Crippen LogP contribution in [0.3, 0.4) is 0 Å². The molecular formula is C46H44OSi2. The van der Waals surface area contributed by atoms with E-state index in [0.717, 1.165) is 5.75 Å². The number of rotatable bonds is 8. The molecule has 0 unspecified atom stereocenters. The second-order valence-electron chi connectivity index (χ2n) is 14.5. The van der Waals surface area contributed by atoms with Crippen LogP contribution in [0.5, 0.6) is 5.75 Å². The second-order valence-corrected chi connectivity index (χ2v) is 22.8. The van der Waals surface area contributed by atoms with Crippen LogP contribution in [0.2, 0.25) is 18.1 Å². The summed E-state index contributed by atoms with van der Waals surface area (Å²) in [6, 6.07) is 64.9. The molecule has 1 nitrogen and oxygen atoms in total. The third-order valence-corrected chi connectivity index (χ3v) is 19.8. The highest BCUT2D eigenvalue weighted by Gasteiger charge is 2.53. The summed E-state index contributed by atoms with van der Waals surface area (Å²) in [7, 11) is -5.05. The minimum atomic E-state index is -3.02. The molecule has 0 saturated carbocycles. The summed E-state index contributed by atoms with van der Waals surface area (Å²) in [6.07, 6.45) is 0. The monoisotopic (exact) mass is 668 g/mol. The van der Waals surface area contributed by atoms with Crippen molar-refractivity contribution in [2.75, 3.05) is 0 Å². The standard InChI is InChI=1S/C46H44OSi2/c1-46(2,3)48(4,5)47-39-31-33-41(34-32-39)49(40-29-19-10-20-30-40)44(37-25-15-8-16-26-37)42(35-21-11-6-12-22-35)43(36-23-13-7-14-24-36)45(49)38-27-17-9-18-28-38/h6-34H,1-5H3. The predicted octanol–water partition coefficient (Wildman–Crippen LogP) is 10.9. The van der Waals surface area contributed by atoms with E-state index in [1.165, 1.54) is 54.2 Å². The highest BCUT2D eigenvalue weighted by atomic mass is 28.4. The molecule has 0 atom stereocenters. The lowest BCUT2D eigenvalue weighted by Gasteiger charge is -2.37. The molecule has 0 aliphatic carbocycles. The predicted molar refractivity (Wildman–Crippen MR) is 215 cm³/mol. The molecule has 0 fully saturated rings. The molecule has 0 radical (unpaired) electrons. The van der Waals surface area contributed by atoms with Crippen molar-refractivity contribution in [2.45, 2.75) is 38.9 Å². The summed E-state index contributed by atoms with van der Waals surface area (Å²) < 4.78 is 6.86. The molecule has 0 amide bonds. The van der Waals surface area contributed by atoms with Crippen LogP contribution in [-0.2, 0) is 0 Å². The van der Waals surface area contributed by atoms with Gasteiger partial charge in [0.05, 0.1) is 0 Å². The lowest BCUT2D eigenvalue weighted by molar-refractivity contribution is 0.492. The van der Waals surface area contributed by atoms with Gasteiger partial charge in [-0.1, -0.05) is 185 Å². The molecule has 3 heteroatoms. The molecular weight excluding hydrogens is 625 g/mol. The summed E-state index contributed by atoms with van der Waals surface area (Å²) in [6.45, 7) is 11.5. The quantitative estimate of drug-likeness (QED) is 0.147. The molecule has 0 N–H and O–H groups in total. The van der Waals surface area contributed by atoms with Crippen LogP contribution >= 0.6 is 0 Å². The third-order valence-electron chi connectivity index (χ3n) is 10.4. The molecule has 7 rings (SSSR count). The Kier molecular flexibility index (Phi) is 8.74. The zero-order valence-electron chi connectivity index (χ0n) is 29.2. The Labute approximate surface area is 294 Å². The Hall–Kier alpha value is -4.97. The smallest absolute Gasteiger partial charge is 0.250 e. The number of hydrogen-bond donors (Lipinski definition) is 0. The Morgan fingerprint density at radius 2 is 0.735 bits per heavy atom. The van der Waals surface area contributed by atoms with Crippen molar-refractivity contribution < 1.29 is 4.43 Å². The zero-order valence-corrected chi connectivity index (χ0v) is 31.2. The van der Waals surface area contributed by atoms with Gasteiger partial charge in [-0.2, -0.15) is 0 Å². The number of hydrogen-bond acceptors (Lipinski definition) is 1. The van der Waals surface area contributed by atoms with Gasteiger partial charge in [0, 0.05) is 0 Å². The largest absolute Gasteiger partial charge is 0.544 e. The van der Waals surface area contributed by atoms with Crippen LogP contribution in [-0.4, -0.2) is 16.4 Å². The fourth-order valence-corrected chi connectivity index (χ4v) is 13.7. The zero-order chi connectivity index (χ0) is 34.1. The maximum absolute atomic E-state index is 6.86. The van der Waals surface area contributed by atoms with E-state index in [9.17, 15) is 0 Å². The molecule has 6 aromatic rings. The minimum Gasteiger partial charge on any atom is -0.544 e. The topological polar surface area (TPSA) is 9.23 Å². The molecule has 49 heavy (non-hydrogen) atoms. The maximum Gasteiger partial charge on any atom is 0.250 e. The molecule has 0 spiro atoms. The van der Waals surface area contributed by atoms with E-state index in [0.29, 0.717) is 0 Å². The number of allylic oxidation sites excluding steroid dienone is 2. The molecule has 0 saturated heterocycles. The van der Waals surface area contributed by atoms with Crippen molar-refractivity contribution >= 4 is 48.3 Å². The van der Waals surface area contributed by atoms with Crippen LogP contribution in [0.4, 0.5) is 0 Å². The number of benzene rings is 6. The van der Waals surface area contributed by atoms with Crippen molar-refractivity contribution in [1.29, 1.82) is 0 Å². The van der Waals surface area contributed by atoms with Crippen molar-refractivity contribution in [3.63, 3.8) is 0 Å². The van der Waals surface area contributed by atoms with Gasteiger partial charge < -0.3 is 4.43 Å². The van der Waals surface area contributed by atoms with E-state index in [1.54, 1.807) is 0 Å². The van der Waals surface area contributed by atoms with Gasteiger partial charge >= 0.3 is 0 Å². The van der Waals surface area contributed by atoms with Crippen molar-refractivity contribution in [1.82, 2.24) is 0 Å². The highest BCUT2D eigenvalue weighted by Crippen LogP contribution is 2.55. The molecule has 1 aliphatic heterocycles. The van der Waals surface area contributed by atoms with Gasteiger partial charge in [0.1, 0.15) is 5.75 Å². The summed E-state index contributed by atoms with van der Waals surface area (Å²) >= 11 is 0. The fourth-order valence-electron chi connectivity index (χ4n) is 7.12. The van der Waals surface area contributed by atoms with Gasteiger partial charge in [0.15, 0.2) is 8.07 Å².